The Morgan fingerprint density at radius 2 is 2.17 bits per heavy atom. The van der Waals surface area contributed by atoms with E-state index in [0.29, 0.717) is 6.42 Å². The van der Waals surface area contributed by atoms with Gasteiger partial charge in [-0.1, -0.05) is 0 Å². The van der Waals surface area contributed by atoms with Crippen LogP contribution in [0.1, 0.15) is 32.1 Å². The van der Waals surface area contributed by atoms with Crippen LogP contribution in [0, 0.1) is 0 Å². The van der Waals surface area contributed by atoms with Crippen LogP contribution < -0.4 is 0 Å². The molecule has 12 heavy (non-hydrogen) atoms. The van der Waals surface area contributed by atoms with Gasteiger partial charge in [0.1, 0.15) is 6.29 Å². The topological polar surface area (TPSA) is 37.4 Å². The van der Waals surface area contributed by atoms with E-state index < -0.39 is 5.54 Å². The summed E-state index contributed by atoms with van der Waals surface area (Å²) in [7, 11) is 0. The molecule has 66 valence electrons. The monoisotopic (exact) mass is 167 g/mol. The van der Waals surface area contributed by atoms with Crippen LogP contribution in [0.3, 0.4) is 0 Å². The number of carbonyl (C=O) groups excluding carboxylic acids is 2. The van der Waals surface area contributed by atoms with Crippen LogP contribution in [0.5, 0.6) is 0 Å². The molecule has 2 fully saturated rings. The molecule has 0 radical (unpaired) electrons. The molecule has 1 amide bonds. The second-order valence-corrected chi connectivity index (χ2v) is 3.72. The lowest BCUT2D eigenvalue weighted by molar-refractivity contribution is -0.137. The molecule has 2 aliphatic heterocycles. The molecule has 0 aromatic heterocycles. The van der Waals surface area contributed by atoms with Gasteiger partial charge in [-0.3, -0.25) is 4.79 Å². The van der Waals surface area contributed by atoms with Gasteiger partial charge in [0.25, 0.3) is 0 Å². The van der Waals surface area contributed by atoms with Crippen molar-refractivity contribution >= 4 is 12.2 Å². The van der Waals surface area contributed by atoms with Crippen LogP contribution in [-0.4, -0.2) is 29.2 Å². The van der Waals surface area contributed by atoms with Crippen molar-refractivity contribution in [1.29, 1.82) is 0 Å². The third-order valence-electron chi connectivity index (χ3n) is 3.07. The highest BCUT2D eigenvalue weighted by molar-refractivity contribution is 5.86. The molecule has 3 nitrogen and oxygen atoms in total. The van der Waals surface area contributed by atoms with Crippen molar-refractivity contribution in [2.45, 2.75) is 37.6 Å². The van der Waals surface area contributed by atoms with Gasteiger partial charge < -0.3 is 9.69 Å². The highest BCUT2D eigenvalue weighted by atomic mass is 16.2. The summed E-state index contributed by atoms with van der Waals surface area (Å²) in [6, 6.07) is 0. The quantitative estimate of drug-likeness (QED) is 0.540. The van der Waals surface area contributed by atoms with Crippen molar-refractivity contribution in [3.8, 4) is 0 Å². The van der Waals surface area contributed by atoms with Gasteiger partial charge in [-0.2, -0.15) is 0 Å². The second kappa shape index (κ2) is 2.57. The average molecular weight is 167 g/mol. The van der Waals surface area contributed by atoms with E-state index in [1.54, 1.807) is 4.90 Å². The second-order valence-electron chi connectivity index (χ2n) is 3.72. The zero-order valence-electron chi connectivity index (χ0n) is 7.08. The zero-order chi connectivity index (χ0) is 8.60. The summed E-state index contributed by atoms with van der Waals surface area (Å²) >= 11 is 0. The van der Waals surface area contributed by atoms with Crippen LogP contribution >= 0.6 is 0 Å². The minimum Gasteiger partial charge on any atom is -0.330 e. The van der Waals surface area contributed by atoms with E-state index in [0.717, 1.165) is 38.5 Å². The van der Waals surface area contributed by atoms with Crippen LogP contribution in [0.2, 0.25) is 0 Å². The predicted molar refractivity (Wildman–Crippen MR) is 43.6 cm³/mol. The maximum atomic E-state index is 11.3. The molecule has 0 bridgehead atoms. The van der Waals surface area contributed by atoms with Crippen LogP contribution in [0.25, 0.3) is 0 Å². The fourth-order valence-corrected chi connectivity index (χ4v) is 2.33. The van der Waals surface area contributed by atoms with E-state index in [2.05, 4.69) is 0 Å². The molecule has 2 heterocycles. The first-order valence-electron chi connectivity index (χ1n) is 4.55. The van der Waals surface area contributed by atoms with Crippen molar-refractivity contribution in [2.24, 2.45) is 0 Å². The number of piperidine rings is 1. The molecule has 0 spiro atoms. The Balaban J connectivity index is 2.27. The Morgan fingerprint density at radius 1 is 1.33 bits per heavy atom. The number of hydrogen-bond donors (Lipinski definition) is 0. The lowest BCUT2D eigenvalue weighted by Gasteiger charge is -2.37. The molecule has 2 rings (SSSR count). The van der Waals surface area contributed by atoms with Crippen molar-refractivity contribution in [1.82, 2.24) is 4.90 Å². The molecular formula is C9H13NO2. The number of rotatable bonds is 1. The first kappa shape index (κ1) is 7.77. The molecule has 0 aromatic rings. The molecule has 0 aromatic carbocycles. The Morgan fingerprint density at radius 3 is 2.83 bits per heavy atom. The third-order valence-corrected chi connectivity index (χ3v) is 3.07. The molecule has 1 atom stereocenters. The van der Waals surface area contributed by atoms with E-state index in [-0.39, 0.29) is 5.91 Å². The van der Waals surface area contributed by atoms with Crippen LogP contribution in [0.15, 0.2) is 0 Å². The molecule has 0 saturated carbocycles. The Bertz CT molecular complexity index is 227. The van der Waals surface area contributed by atoms with E-state index in [1.165, 1.54) is 0 Å². The third kappa shape index (κ3) is 0.886. The van der Waals surface area contributed by atoms with Crippen LogP contribution in [0.4, 0.5) is 0 Å². The highest BCUT2D eigenvalue weighted by Gasteiger charge is 2.46. The minimum absolute atomic E-state index is 0.168. The van der Waals surface area contributed by atoms with Gasteiger partial charge in [0.2, 0.25) is 5.91 Å². The Kier molecular flexibility index (Phi) is 1.67. The molecular weight excluding hydrogens is 154 g/mol. The summed E-state index contributed by atoms with van der Waals surface area (Å²) in [5.41, 5.74) is -0.394. The van der Waals surface area contributed by atoms with E-state index >= 15 is 0 Å². The van der Waals surface area contributed by atoms with Gasteiger partial charge in [-0.05, 0) is 25.7 Å². The zero-order valence-corrected chi connectivity index (χ0v) is 7.08. The maximum Gasteiger partial charge on any atom is 0.223 e. The maximum absolute atomic E-state index is 11.3. The van der Waals surface area contributed by atoms with Gasteiger partial charge in [0.15, 0.2) is 0 Å². The smallest absolute Gasteiger partial charge is 0.223 e. The van der Waals surface area contributed by atoms with Gasteiger partial charge in [-0.25, -0.2) is 0 Å². The van der Waals surface area contributed by atoms with E-state index in [4.69, 9.17) is 0 Å². The Labute approximate surface area is 71.7 Å². The van der Waals surface area contributed by atoms with Gasteiger partial charge >= 0.3 is 0 Å². The number of aldehydes is 1. The van der Waals surface area contributed by atoms with E-state index in [1.807, 2.05) is 0 Å². The lowest BCUT2D eigenvalue weighted by atomic mass is 9.88. The standard InChI is InChI=1S/C9H13NO2/c11-7-9-4-1-2-6-10(9)8(12)3-5-9/h7H,1-6H2. The molecule has 1 unspecified atom stereocenters. The average Bonchev–Trinajstić information content (AvgIpc) is 2.46. The number of nitrogens with zero attached hydrogens (tertiary/aromatic N) is 1. The van der Waals surface area contributed by atoms with Crippen molar-refractivity contribution in [3.63, 3.8) is 0 Å². The van der Waals surface area contributed by atoms with Crippen molar-refractivity contribution in [2.75, 3.05) is 6.54 Å². The molecule has 2 aliphatic rings. The SMILES string of the molecule is O=CC12CCCCN1C(=O)CC2. The molecule has 0 N–H and O–H groups in total. The largest absolute Gasteiger partial charge is 0.330 e. The number of amides is 1. The minimum atomic E-state index is -0.394. The fourth-order valence-electron chi connectivity index (χ4n) is 2.33. The van der Waals surface area contributed by atoms with E-state index in [9.17, 15) is 9.59 Å². The summed E-state index contributed by atoms with van der Waals surface area (Å²) in [4.78, 5) is 24.0. The van der Waals surface area contributed by atoms with Gasteiger partial charge in [0.05, 0.1) is 5.54 Å². The van der Waals surface area contributed by atoms with Gasteiger partial charge in [-0.15, -0.1) is 0 Å². The van der Waals surface area contributed by atoms with Crippen molar-refractivity contribution in [3.05, 3.63) is 0 Å². The summed E-state index contributed by atoms with van der Waals surface area (Å²) < 4.78 is 0. The number of hydrogen-bond acceptors (Lipinski definition) is 2. The lowest BCUT2D eigenvalue weighted by Crippen LogP contribution is -2.50. The normalized spacial score (nSPS) is 35.0. The highest BCUT2D eigenvalue weighted by Crippen LogP contribution is 2.36. The number of carbonyl (C=O) groups is 2. The van der Waals surface area contributed by atoms with Crippen molar-refractivity contribution < 1.29 is 9.59 Å². The molecule has 0 aliphatic carbocycles. The van der Waals surface area contributed by atoms with Gasteiger partial charge in [0, 0.05) is 13.0 Å². The first-order chi connectivity index (χ1) is 5.78. The van der Waals surface area contributed by atoms with Crippen LogP contribution in [-0.2, 0) is 9.59 Å². The molecule has 3 heteroatoms. The fraction of sp³-hybridized carbons (Fsp3) is 0.778. The summed E-state index contributed by atoms with van der Waals surface area (Å²) in [6.45, 7) is 0.789. The predicted octanol–water partition coefficient (Wildman–Crippen LogP) is 0.730. The first-order valence-corrected chi connectivity index (χ1v) is 4.55. The molecule has 2 saturated heterocycles. The summed E-state index contributed by atoms with van der Waals surface area (Å²) in [5.74, 6) is 0.168. The summed E-state index contributed by atoms with van der Waals surface area (Å²) in [5, 5.41) is 0. The number of fused-ring (bicyclic) bond motifs is 1. The Hall–Kier alpha value is -0.860. The summed E-state index contributed by atoms with van der Waals surface area (Å²) in [6.07, 6.45) is 5.32.